The molecule has 7 rings (SSSR count). The van der Waals surface area contributed by atoms with Gasteiger partial charge in [0.2, 0.25) is 0 Å². The van der Waals surface area contributed by atoms with E-state index in [0.29, 0.717) is 33.9 Å². The summed E-state index contributed by atoms with van der Waals surface area (Å²) in [4.78, 5) is -1.15. The third-order valence-corrected chi connectivity index (χ3v) is 11.0. The summed E-state index contributed by atoms with van der Waals surface area (Å²) in [5.74, 6) is -0.0958. The molecule has 0 spiro atoms. The Balaban J connectivity index is 1.19. The number of nitrogen functional groups attached to an aromatic ring is 1. The van der Waals surface area contributed by atoms with Crippen molar-refractivity contribution >= 4 is 81.6 Å². The van der Waals surface area contributed by atoms with E-state index in [1.807, 2.05) is 0 Å². The third-order valence-electron chi connectivity index (χ3n) is 9.26. The largest absolute Gasteiger partial charge is 0.505 e. The van der Waals surface area contributed by atoms with Gasteiger partial charge in [-0.25, -0.2) is 0 Å². The molecule has 0 aliphatic carbocycles. The predicted octanol–water partition coefficient (Wildman–Crippen LogP) is 10.4. The number of methoxy groups -OCH3 is 3. The van der Waals surface area contributed by atoms with Gasteiger partial charge in [0, 0.05) is 22.2 Å². The number of benzene rings is 7. The standard InChI is InChI=1S/C41H33N7O11S2/c1-57-34-20-26(12-13-30(34)42)44-43-25-11-8-24-18-38(61(54,55)56)39(41(50)29(24)19-25)48-46-32-15-10-23(17-36(32)59-3)22-9-14-31(35(16-22)58-2)45-47-33-21-37(60(51,52)53)27-6-4-5-7-28(27)40(33)49/h4-21,49-50H,42H2,1-3H3,(H,51,52,53)(H,54,55,56). The smallest absolute Gasteiger partial charge is 0.296 e. The summed E-state index contributed by atoms with van der Waals surface area (Å²) in [6, 6.07) is 27.2. The zero-order valence-corrected chi connectivity index (χ0v) is 33.7. The van der Waals surface area contributed by atoms with Gasteiger partial charge in [0.1, 0.15) is 49.8 Å². The highest BCUT2D eigenvalue weighted by Gasteiger charge is 2.23. The molecule has 7 aromatic carbocycles. The van der Waals surface area contributed by atoms with Gasteiger partial charge in [-0.3, -0.25) is 9.11 Å². The van der Waals surface area contributed by atoms with Crippen molar-refractivity contribution < 1.29 is 50.4 Å². The summed E-state index contributed by atoms with van der Waals surface area (Å²) in [5.41, 5.74) is 7.83. The third kappa shape index (κ3) is 8.63. The highest BCUT2D eigenvalue weighted by atomic mass is 32.2. The summed E-state index contributed by atoms with van der Waals surface area (Å²) in [7, 11) is -5.33. The Morgan fingerprint density at radius 2 is 1.03 bits per heavy atom. The van der Waals surface area contributed by atoms with E-state index in [4.69, 9.17) is 19.9 Å². The van der Waals surface area contributed by atoms with Gasteiger partial charge in [-0.2, -0.15) is 27.1 Å². The molecule has 0 aromatic heterocycles. The fraction of sp³-hybridized carbons (Fsp3) is 0.0732. The molecule has 0 saturated heterocycles. The highest BCUT2D eigenvalue weighted by molar-refractivity contribution is 7.86. The van der Waals surface area contributed by atoms with E-state index >= 15 is 0 Å². The average molecular weight is 864 g/mol. The summed E-state index contributed by atoms with van der Waals surface area (Å²) in [6.45, 7) is 0. The zero-order chi connectivity index (χ0) is 43.6. The number of nitrogens with zero attached hydrogens (tertiary/aromatic N) is 6. The van der Waals surface area contributed by atoms with Crippen molar-refractivity contribution in [2.24, 2.45) is 30.7 Å². The second kappa shape index (κ2) is 16.6. The van der Waals surface area contributed by atoms with Gasteiger partial charge >= 0.3 is 0 Å². The van der Waals surface area contributed by atoms with Crippen molar-refractivity contribution in [3.05, 3.63) is 109 Å². The fourth-order valence-electron chi connectivity index (χ4n) is 6.26. The maximum atomic E-state index is 12.5. The zero-order valence-electron chi connectivity index (χ0n) is 32.1. The van der Waals surface area contributed by atoms with Gasteiger partial charge in [0.15, 0.2) is 11.5 Å². The number of phenolic OH excluding ortho intramolecular Hbond substituents is 2. The van der Waals surface area contributed by atoms with Gasteiger partial charge in [-0.05, 0) is 77.2 Å². The number of hydrogen-bond acceptors (Lipinski definition) is 16. The molecule has 7 aromatic rings. The molecular weight excluding hydrogens is 831 g/mol. The minimum Gasteiger partial charge on any atom is -0.505 e. The van der Waals surface area contributed by atoms with Crippen molar-refractivity contribution in [2.45, 2.75) is 9.79 Å². The molecule has 0 unspecified atom stereocenters. The Morgan fingerprint density at radius 1 is 0.492 bits per heavy atom. The average Bonchev–Trinajstić information content (AvgIpc) is 3.24. The summed E-state index contributed by atoms with van der Waals surface area (Å²) < 4.78 is 85.5. The highest BCUT2D eigenvalue weighted by Crippen LogP contribution is 2.45. The van der Waals surface area contributed by atoms with E-state index in [1.54, 1.807) is 60.7 Å². The molecule has 0 aliphatic rings. The molecule has 0 fully saturated rings. The number of azo groups is 3. The van der Waals surface area contributed by atoms with E-state index in [1.165, 1.54) is 57.7 Å². The molecule has 18 nitrogen and oxygen atoms in total. The van der Waals surface area contributed by atoms with Crippen molar-refractivity contribution in [3.8, 4) is 39.9 Å². The number of anilines is 1. The summed E-state index contributed by atoms with van der Waals surface area (Å²) in [6.07, 6.45) is 0. The number of phenols is 2. The topological polar surface area (TPSA) is 277 Å². The molecule has 6 N–H and O–H groups in total. The lowest BCUT2D eigenvalue weighted by Crippen LogP contribution is -1.99. The molecule has 0 bridgehead atoms. The predicted molar refractivity (Wildman–Crippen MR) is 226 cm³/mol. The Bertz CT molecular complexity index is 3210. The lowest BCUT2D eigenvalue weighted by molar-refractivity contribution is 0.415. The van der Waals surface area contributed by atoms with Gasteiger partial charge in [-0.15, -0.1) is 20.5 Å². The van der Waals surface area contributed by atoms with Crippen LogP contribution in [0.1, 0.15) is 0 Å². The first kappa shape index (κ1) is 41.6. The molecule has 61 heavy (non-hydrogen) atoms. The molecule has 0 atom stereocenters. The quantitative estimate of drug-likeness (QED) is 0.0436. The second-order valence-corrected chi connectivity index (χ2v) is 15.8. The molecule has 310 valence electrons. The van der Waals surface area contributed by atoms with Crippen LogP contribution in [0.2, 0.25) is 0 Å². The lowest BCUT2D eigenvalue weighted by Gasteiger charge is -2.11. The molecule has 0 radical (unpaired) electrons. The van der Waals surface area contributed by atoms with Crippen molar-refractivity contribution in [2.75, 3.05) is 27.1 Å². The lowest BCUT2D eigenvalue weighted by atomic mass is 10.0. The Hall–Kier alpha value is -7.52. The first-order chi connectivity index (χ1) is 29.1. The molecule has 0 saturated carbocycles. The normalized spacial score (nSPS) is 12.3. The maximum absolute atomic E-state index is 12.5. The Labute approximate surface area is 347 Å². The fourth-order valence-corrected chi connectivity index (χ4v) is 7.63. The number of hydrogen-bond donors (Lipinski definition) is 5. The van der Waals surface area contributed by atoms with E-state index in [2.05, 4.69) is 30.7 Å². The van der Waals surface area contributed by atoms with Crippen LogP contribution < -0.4 is 19.9 Å². The van der Waals surface area contributed by atoms with Gasteiger partial charge < -0.3 is 30.2 Å². The monoisotopic (exact) mass is 863 g/mol. The van der Waals surface area contributed by atoms with Crippen LogP contribution >= 0.6 is 0 Å². The van der Waals surface area contributed by atoms with Crippen LogP contribution in [0.15, 0.2) is 150 Å². The van der Waals surface area contributed by atoms with Crippen LogP contribution in [-0.2, 0) is 20.2 Å². The summed E-state index contributed by atoms with van der Waals surface area (Å²) >= 11 is 0. The van der Waals surface area contributed by atoms with Crippen LogP contribution in [-0.4, -0.2) is 57.5 Å². The SMILES string of the molecule is COc1cc(N=Nc2ccc3cc(S(=O)(=O)O)c(N=Nc4ccc(-c5ccc(N=Nc6cc(S(=O)(=O)O)c7ccccc7c6O)c(OC)c5)cc4OC)c(O)c3c2)ccc1N. The summed E-state index contributed by atoms with van der Waals surface area (Å²) in [5, 5.41) is 47.7. The Morgan fingerprint density at radius 3 is 1.62 bits per heavy atom. The van der Waals surface area contributed by atoms with E-state index < -0.39 is 41.5 Å². The van der Waals surface area contributed by atoms with E-state index in [-0.39, 0.29) is 55.9 Å². The van der Waals surface area contributed by atoms with E-state index in [9.17, 15) is 36.2 Å². The number of nitrogens with two attached hydrogens (primary N) is 1. The maximum Gasteiger partial charge on any atom is 0.296 e. The molecule has 0 aliphatic heterocycles. The second-order valence-electron chi connectivity index (χ2n) is 13.0. The number of ether oxygens (including phenoxy) is 3. The van der Waals surface area contributed by atoms with Gasteiger partial charge in [0.25, 0.3) is 20.2 Å². The van der Waals surface area contributed by atoms with E-state index in [0.717, 1.165) is 12.1 Å². The number of aromatic hydroxyl groups is 2. The molecule has 0 heterocycles. The number of fused-ring (bicyclic) bond motifs is 2. The molecule has 0 amide bonds. The Kier molecular flexibility index (Phi) is 11.3. The van der Waals surface area contributed by atoms with Crippen molar-refractivity contribution in [1.82, 2.24) is 0 Å². The van der Waals surface area contributed by atoms with Crippen LogP contribution in [0.5, 0.6) is 28.7 Å². The first-order valence-corrected chi connectivity index (χ1v) is 20.5. The van der Waals surface area contributed by atoms with Gasteiger partial charge in [-0.1, -0.05) is 42.5 Å². The first-order valence-electron chi connectivity index (χ1n) is 17.6. The van der Waals surface area contributed by atoms with Crippen LogP contribution in [0, 0.1) is 0 Å². The van der Waals surface area contributed by atoms with Gasteiger partial charge in [0.05, 0.1) is 38.4 Å². The minimum absolute atomic E-state index is 0.105. The van der Waals surface area contributed by atoms with Crippen LogP contribution in [0.3, 0.4) is 0 Å². The molecular formula is C41H33N7O11S2. The van der Waals surface area contributed by atoms with Crippen molar-refractivity contribution in [1.29, 1.82) is 0 Å². The van der Waals surface area contributed by atoms with Crippen LogP contribution in [0.4, 0.5) is 39.8 Å². The van der Waals surface area contributed by atoms with Crippen molar-refractivity contribution in [3.63, 3.8) is 0 Å². The molecule has 20 heteroatoms. The number of rotatable bonds is 12. The minimum atomic E-state index is -4.91. The van der Waals surface area contributed by atoms with Crippen LogP contribution in [0.25, 0.3) is 32.7 Å².